The molecule has 1 unspecified atom stereocenters. The van der Waals surface area contributed by atoms with Crippen molar-refractivity contribution in [3.8, 4) is 11.5 Å². The Morgan fingerprint density at radius 3 is 2.80 bits per heavy atom. The number of phenols is 1. The summed E-state index contributed by atoms with van der Waals surface area (Å²) in [6.07, 6.45) is 2.68. The van der Waals surface area contributed by atoms with Gasteiger partial charge in [-0.2, -0.15) is 0 Å². The van der Waals surface area contributed by atoms with E-state index in [1.807, 2.05) is 32.2 Å². The zero-order valence-corrected chi connectivity index (χ0v) is 12.2. The number of para-hydroxylation sites is 1. The van der Waals surface area contributed by atoms with E-state index in [9.17, 15) is 5.11 Å². The lowest BCUT2D eigenvalue weighted by molar-refractivity contribution is 0.316. The highest BCUT2D eigenvalue weighted by Crippen LogP contribution is 2.35. The van der Waals surface area contributed by atoms with Crippen LogP contribution in [0.2, 0.25) is 0 Å². The van der Waals surface area contributed by atoms with Crippen LogP contribution in [0.1, 0.15) is 37.9 Å². The van der Waals surface area contributed by atoms with Crippen LogP contribution in [0.5, 0.6) is 11.5 Å². The predicted molar refractivity (Wildman–Crippen MR) is 77.1 cm³/mol. The third-order valence-corrected chi connectivity index (χ3v) is 3.29. The first-order valence-corrected chi connectivity index (χ1v) is 6.99. The fourth-order valence-electron chi connectivity index (χ4n) is 2.22. The second-order valence-corrected chi connectivity index (χ2v) is 4.80. The molecule has 0 amide bonds. The first-order valence-electron chi connectivity index (χ1n) is 6.99. The Labute approximate surface area is 119 Å². The monoisotopic (exact) mass is 275 g/mol. The minimum Gasteiger partial charge on any atom is -0.504 e. The lowest BCUT2D eigenvalue weighted by Gasteiger charge is -2.14. The van der Waals surface area contributed by atoms with E-state index >= 15 is 0 Å². The summed E-state index contributed by atoms with van der Waals surface area (Å²) in [4.78, 5) is 0. The van der Waals surface area contributed by atoms with Crippen LogP contribution in [0.25, 0.3) is 0 Å². The molecule has 1 aromatic carbocycles. The van der Waals surface area contributed by atoms with Crippen molar-refractivity contribution >= 4 is 0 Å². The summed E-state index contributed by atoms with van der Waals surface area (Å²) in [5.41, 5.74) is 1.81. The van der Waals surface area contributed by atoms with Gasteiger partial charge in [-0.25, -0.2) is 0 Å². The average molecular weight is 275 g/mol. The molecule has 5 nitrogen and oxygen atoms in total. The highest BCUT2D eigenvalue weighted by Gasteiger charge is 2.16. The van der Waals surface area contributed by atoms with Crippen LogP contribution < -0.4 is 4.74 Å². The molecule has 1 N–H and O–H groups in total. The van der Waals surface area contributed by atoms with Crippen molar-refractivity contribution in [2.75, 3.05) is 6.61 Å². The summed E-state index contributed by atoms with van der Waals surface area (Å²) >= 11 is 0. The lowest BCUT2D eigenvalue weighted by Crippen LogP contribution is -2.01. The molecule has 0 bridgehead atoms. The van der Waals surface area contributed by atoms with Crippen LogP contribution in [-0.2, 0) is 13.0 Å². The molecule has 0 aliphatic heterocycles. The van der Waals surface area contributed by atoms with E-state index in [4.69, 9.17) is 4.74 Å². The standard InChI is InChI=1S/C15H21N3O2/c1-4-18-10-12(16-17-18)9-11(3)13-7-6-8-14(15(13)19)20-5-2/h6-8,10-11,19H,4-5,9H2,1-3H3. The largest absolute Gasteiger partial charge is 0.504 e. The number of nitrogens with zero attached hydrogens (tertiary/aromatic N) is 3. The van der Waals surface area contributed by atoms with Crippen molar-refractivity contribution in [3.63, 3.8) is 0 Å². The maximum atomic E-state index is 10.3. The minimum absolute atomic E-state index is 0.150. The number of phenolic OH excluding ortho intramolecular Hbond substituents is 1. The molecule has 108 valence electrons. The molecule has 2 rings (SSSR count). The topological polar surface area (TPSA) is 60.2 Å². The van der Waals surface area contributed by atoms with Gasteiger partial charge in [0.05, 0.1) is 12.3 Å². The quantitative estimate of drug-likeness (QED) is 0.880. The molecule has 0 aliphatic carbocycles. The summed E-state index contributed by atoms with van der Waals surface area (Å²) in [6.45, 7) is 7.34. The number of rotatable bonds is 6. The van der Waals surface area contributed by atoms with Gasteiger partial charge in [0, 0.05) is 18.3 Å². The van der Waals surface area contributed by atoms with Crippen molar-refractivity contribution in [3.05, 3.63) is 35.7 Å². The predicted octanol–water partition coefficient (Wildman–Crippen LogP) is 2.75. The van der Waals surface area contributed by atoms with Crippen LogP contribution in [0.3, 0.4) is 0 Å². The number of aryl methyl sites for hydroxylation is 1. The summed E-state index contributed by atoms with van der Waals surface area (Å²) in [7, 11) is 0. The second-order valence-electron chi connectivity index (χ2n) is 4.80. The maximum absolute atomic E-state index is 10.3. The number of ether oxygens (including phenoxy) is 1. The maximum Gasteiger partial charge on any atom is 0.161 e. The molecule has 5 heteroatoms. The highest BCUT2D eigenvalue weighted by molar-refractivity contribution is 5.47. The SMILES string of the molecule is CCOc1cccc(C(C)Cc2cn(CC)nn2)c1O. The van der Waals surface area contributed by atoms with Crippen LogP contribution >= 0.6 is 0 Å². The molecule has 0 fully saturated rings. The van der Waals surface area contributed by atoms with E-state index in [-0.39, 0.29) is 11.7 Å². The molecule has 0 aliphatic rings. The van der Waals surface area contributed by atoms with E-state index < -0.39 is 0 Å². The lowest BCUT2D eigenvalue weighted by atomic mass is 9.95. The second kappa shape index (κ2) is 6.41. The van der Waals surface area contributed by atoms with Gasteiger partial charge < -0.3 is 9.84 Å². The average Bonchev–Trinajstić information content (AvgIpc) is 2.89. The first kappa shape index (κ1) is 14.4. The fraction of sp³-hybridized carbons (Fsp3) is 0.467. The zero-order chi connectivity index (χ0) is 14.5. The summed E-state index contributed by atoms with van der Waals surface area (Å²) in [5, 5.41) is 18.4. The Hall–Kier alpha value is -2.04. The van der Waals surface area contributed by atoms with E-state index in [2.05, 4.69) is 17.2 Å². The molecule has 20 heavy (non-hydrogen) atoms. The number of hydrogen-bond acceptors (Lipinski definition) is 4. The Morgan fingerprint density at radius 1 is 1.35 bits per heavy atom. The Morgan fingerprint density at radius 2 is 2.15 bits per heavy atom. The summed E-state index contributed by atoms with van der Waals surface area (Å²) in [5.74, 6) is 0.913. The van der Waals surface area contributed by atoms with E-state index in [0.717, 1.165) is 24.2 Å². The van der Waals surface area contributed by atoms with Gasteiger partial charge >= 0.3 is 0 Å². The van der Waals surface area contributed by atoms with Crippen LogP contribution in [0.15, 0.2) is 24.4 Å². The van der Waals surface area contributed by atoms with Crippen molar-refractivity contribution in [1.82, 2.24) is 15.0 Å². The molecule has 1 aromatic heterocycles. The molecule has 0 spiro atoms. The minimum atomic E-state index is 0.150. The van der Waals surface area contributed by atoms with Gasteiger partial charge in [-0.05, 0) is 32.3 Å². The molecule has 0 saturated carbocycles. The summed E-state index contributed by atoms with van der Waals surface area (Å²) < 4.78 is 7.22. The van der Waals surface area contributed by atoms with Crippen LogP contribution in [0, 0.1) is 0 Å². The molecule has 0 saturated heterocycles. The molecular weight excluding hydrogens is 254 g/mol. The molecule has 2 aromatic rings. The number of hydrogen-bond donors (Lipinski definition) is 1. The van der Waals surface area contributed by atoms with Gasteiger partial charge in [0.25, 0.3) is 0 Å². The molecular formula is C15H21N3O2. The van der Waals surface area contributed by atoms with E-state index in [1.54, 1.807) is 10.7 Å². The Kier molecular flexibility index (Phi) is 4.61. The third kappa shape index (κ3) is 3.10. The fourth-order valence-corrected chi connectivity index (χ4v) is 2.22. The number of aromatic nitrogens is 3. The van der Waals surface area contributed by atoms with E-state index in [0.29, 0.717) is 12.4 Å². The zero-order valence-electron chi connectivity index (χ0n) is 12.2. The van der Waals surface area contributed by atoms with Crippen LogP contribution in [-0.4, -0.2) is 26.7 Å². The van der Waals surface area contributed by atoms with Gasteiger partial charge in [0.1, 0.15) is 0 Å². The van der Waals surface area contributed by atoms with Gasteiger partial charge in [-0.15, -0.1) is 5.10 Å². The first-order chi connectivity index (χ1) is 9.65. The third-order valence-electron chi connectivity index (χ3n) is 3.29. The van der Waals surface area contributed by atoms with Gasteiger partial charge in [0.2, 0.25) is 0 Å². The number of aromatic hydroxyl groups is 1. The van der Waals surface area contributed by atoms with E-state index in [1.165, 1.54) is 0 Å². The van der Waals surface area contributed by atoms with Crippen molar-refractivity contribution in [1.29, 1.82) is 0 Å². The van der Waals surface area contributed by atoms with Crippen molar-refractivity contribution in [2.24, 2.45) is 0 Å². The Bertz CT molecular complexity index is 566. The normalized spacial score (nSPS) is 12.3. The van der Waals surface area contributed by atoms with Gasteiger partial charge in [-0.3, -0.25) is 4.68 Å². The smallest absolute Gasteiger partial charge is 0.161 e. The van der Waals surface area contributed by atoms with Gasteiger partial charge in [-0.1, -0.05) is 24.3 Å². The van der Waals surface area contributed by atoms with Crippen molar-refractivity contribution < 1.29 is 9.84 Å². The van der Waals surface area contributed by atoms with Crippen molar-refractivity contribution in [2.45, 2.75) is 39.7 Å². The summed E-state index contributed by atoms with van der Waals surface area (Å²) in [6, 6.07) is 5.61. The molecule has 0 radical (unpaired) electrons. The Balaban J connectivity index is 2.16. The van der Waals surface area contributed by atoms with Gasteiger partial charge in [0.15, 0.2) is 11.5 Å². The van der Waals surface area contributed by atoms with Crippen LogP contribution in [0.4, 0.5) is 0 Å². The molecule has 1 atom stereocenters. The highest BCUT2D eigenvalue weighted by atomic mass is 16.5. The molecule has 1 heterocycles. The number of benzene rings is 1.